The Morgan fingerprint density at radius 2 is 1.82 bits per heavy atom. The van der Waals surface area contributed by atoms with Crippen LogP contribution in [0.1, 0.15) is 30.7 Å². The summed E-state index contributed by atoms with van der Waals surface area (Å²) in [6.45, 7) is 1.72. The van der Waals surface area contributed by atoms with Gasteiger partial charge in [0.2, 0.25) is 0 Å². The lowest BCUT2D eigenvalue weighted by atomic mass is 10.1. The van der Waals surface area contributed by atoms with E-state index in [2.05, 4.69) is 22.2 Å². The second kappa shape index (κ2) is 11.7. The molecule has 0 radical (unpaired) electrons. The lowest BCUT2D eigenvalue weighted by Gasteiger charge is -2.12. The minimum absolute atomic E-state index is 0.132. The Morgan fingerprint density at radius 3 is 2.65 bits per heavy atom. The Kier molecular flexibility index (Phi) is 8.19. The number of methoxy groups -OCH3 is 1. The topological polar surface area (TPSA) is 108 Å². The van der Waals surface area contributed by atoms with Crippen molar-refractivity contribution in [2.75, 3.05) is 26.9 Å². The van der Waals surface area contributed by atoms with Gasteiger partial charge in [-0.05, 0) is 62.2 Å². The first-order valence-electron chi connectivity index (χ1n) is 11.6. The number of rotatable bonds is 12. The number of hydrogen-bond acceptors (Lipinski definition) is 7. The highest BCUT2D eigenvalue weighted by Gasteiger charge is 2.15. The molecule has 4 rings (SSSR count). The Labute approximate surface area is 199 Å². The van der Waals surface area contributed by atoms with E-state index in [0.717, 1.165) is 59.3 Å². The third-order valence-corrected chi connectivity index (χ3v) is 5.56. The van der Waals surface area contributed by atoms with Gasteiger partial charge in [-0.2, -0.15) is 5.10 Å². The smallest absolute Gasteiger partial charge is 0.154 e. The Morgan fingerprint density at radius 1 is 0.971 bits per heavy atom. The van der Waals surface area contributed by atoms with Gasteiger partial charge in [-0.1, -0.05) is 12.1 Å². The fourth-order valence-corrected chi connectivity index (χ4v) is 3.83. The van der Waals surface area contributed by atoms with Crippen LogP contribution in [0.5, 0.6) is 5.75 Å². The number of aliphatic hydroxyl groups is 1. The molecule has 0 aliphatic heterocycles. The summed E-state index contributed by atoms with van der Waals surface area (Å²) in [4.78, 5) is 9.42. The predicted molar refractivity (Wildman–Crippen MR) is 132 cm³/mol. The Hall–Kier alpha value is -3.33. The number of aromatic nitrogens is 4. The maximum absolute atomic E-state index is 9.52. The predicted octanol–water partition coefficient (Wildman–Crippen LogP) is 3.67. The maximum Gasteiger partial charge on any atom is 0.154 e. The van der Waals surface area contributed by atoms with Gasteiger partial charge in [0.1, 0.15) is 5.75 Å². The molecular formula is C26H31N5O3. The van der Waals surface area contributed by atoms with Crippen LogP contribution in [0, 0.1) is 0 Å². The molecule has 0 fully saturated rings. The number of ether oxygens (including phenoxy) is 2. The number of aliphatic hydroxyl groups excluding tert-OH is 1. The van der Waals surface area contributed by atoms with Crippen LogP contribution in [0.15, 0.2) is 54.7 Å². The minimum atomic E-state index is -0.132. The summed E-state index contributed by atoms with van der Waals surface area (Å²) in [6, 6.07) is 15.7. The molecule has 0 aliphatic carbocycles. The number of benzene rings is 1. The van der Waals surface area contributed by atoms with E-state index in [-0.39, 0.29) is 6.61 Å². The molecule has 0 amide bonds. The van der Waals surface area contributed by atoms with Crippen LogP contribution in [-0.4, -0.2) is 51.7 Å². The van der Waals surface area contributed by atoms with Gasteiger partial charge in [0.15, 0.2) is 5.82 Å². The molecule has 4 aromatic rings. The van der Waals surface area contributed by atoms with Crippen LogP contribution < -0.4 is 10.5 Å². The van der Waals surface area contributed by atoms with E-state index in [4.69, 9.17) is 20.2 Å². The van der Waals surface area contributed by atoms with Crippen molar-refractivity contribution in [1.29, 1.82) is 0 Å². The molecule has 3 aromatic heterocycles. The first-order valence-corrected chi connectivity index (χ1v) is 11.6. The van der Waals surface area contributed by atoms with E-state index in [1.807, 2.05) is 30.3 Å². The standard InChI is InChI=1S/C26H31N5O3/c1-33-13-6-14-34-25-16-19(23-10-4-8-20(29-23)7-2-3-12-27)15-24-22(25)17-28-31(24)26-11-5-9-21(18-32)30-26/h4-5,8-11,15-17,32H,2-3,6-7,12-14,18,27H2,1H3. The van der Waals surface area contributed by atoms with Crippen LogP contribution in [-0.2, 0) is 17.8 Å². The summed E-state index contributed by atoms with van der Waals surface area (Å²) in [5, 5.41) is 15.0. The second-order valence-electron chi connectivity index (χ2n) is 8.06. The Bertz CT molecular complexity index is 1220. The Balaban J connectivity index is 1.76. The average molecular weight is 462 g/mol. The molecule has 0 saturated carbocycles. The van der Waals surface area contributed by atoms with Gasteiger partial charge in [-0.3, -0.25) is 4.98 Å². The van der Waals surface area contributed by atoms with Crippen LogP contribution >= 0.6 is 0 Å². The molecule has 1 aromatic carbocycles. The van der Waals surface area contributed by atoms with Crippen molar-refractivity contribution in [2.45, 2.75) is 32.3 Å². The van der Waals surface area contributed by atoms with Gasteiger partial charge in [0, 0.05) is 31.4 Å². The summed E-state index contributed by atoms with van der Waals surface area (Å²) in [7, 11) is 1.68. The molecular weight excluding hydrogens is 430 g/mol. The van der Waals surface area contributed by atoms with Crippen molar-refractivity contribution in [1.82, 2.24) is 19.7 Å². The zero-order valence-corrected chi connectivity index (χ0v) is 19.5. The molecule has 0 unspecified atom stereocenters. The molecule has 8 nitrogen and oxygen atoms in total. The summed E-state index contributed by atoms with van der Waals surface area (Å²) in [5.74, 6) is 1.37. The van der Waals surface area contributed by atoms with Gasteiger partial charge < -0.3 is 20.3 Å². The van der Waals surface area contributed by atoms with Crippen LogP contribution in [0.25, 0.3) is 28.0 Å². The zero-order chi connectivity index (χ0) is 23.8. The number of fused-ring (bicyclic) bond motifs is 1. The van der Waals surface area contributed by atoms with E-state index in [9.17, 15) is 5.11 Å². The third-order valence-electron chi connectivity index (χ3n) is 5.56. The van der Waals surface area contributed by atoms with E-state index in [1.165, 1.54) is 0 Å². The lowest BCUT2D eigenvalue weighted by molar-refractivity contribution is 0.172. The SMILES string of the molecule is COCCCOc1cc(-c2cccc(CCCCN)n2)cc2c1cnn2-c1cccc(CO)n1. The zero-order valence-electron chi connectivity index (χ0n) is 19.5. The van der Waals surface area contributed by atoms with E-state index >= 15 is 0 Å². The largest absolute Gasteiger partial charge is 0.493 e. The van der Waals surface area contributed by atoms with Gasteiger partial charge in [-0.25, -0.2) is 9.67 Å². The van der Waals surface area contributed by atoms with Crippen LogP contribution in [0.3, 0.4) is 0 Å². The lowest BCUT2D eigenvalue weighted by Crippen LogP contribution is -2.03. The molecule has 8 heteroatoms. The second-order valence-corrected chi connectivity index (χ2v) is 8.06. The van der Waals surface area contributed by atoms with Gasteiger partial charge >= 0.3 is 0 Å². The minimum Gasteiger partial charge on any atom is -0.493 e. The highest BCUT2D eigenvalue weighted by Crippen LogP contribution is 2.33. The number of unbranched alkanes of at least 4 members (excludes halogenated alkanes) is 1. The van der Waals surface area contributed by atoms with Crippen molar-refractivity contribution < 1.29 is 14.6 Å². The van der Waals surface area contributed by atoms with Gasteiger partial charge in [0.25, 0.3) is 0 Å². The number of pyridine rings is 2. The van der Waals surface area contributed by atoms with Crippen molar-refractivity contribution in [3.63, 3.8) is 0 Å². The first kappa shape index (κ1) is 23.8. The van der Waals surface area contributed by atoms with Gasteiger partial charge in [0.05, 0.1) is 41.7 Å². The van der Waals surface area contributed by atoms with E-state index in [0.29, 0.717) is 31.3 Å². The summed E-state index contributed by atoms with van der Waals surface area (Å²) < 4.78 is 13.1. The average Bonchev–Trinajstić information content (AvgIpc) is 3.31. The molecule has 0 atom stereocenters. The van der Waals surface area contributed by atoms with Crippen LogP contribution in [0.2, 0.25) is 0 Å². The maximum atomic E-state index is 9.52. The third kappa shape index (κ3) is 5.59. The number of nitrogens with two attached hydrogens (primary N) is 1. The summed E-state index contributed by atoms with van der Waals surface area (Å²) in [5.41, 5.74) is 9.94. The fraction of sp³-hybridized carbons (Fsp3) is 0.346. The molecule has 0 spiro atoms. The van der Waals surface area contributed by atoms with Crippen molar-refractivity contribution in [2.24, 2.45) is 5.73 Å². The molecule has 3 heterocycles. The van der Waals surface area contributed by atoms with Crippen molar-refractivity contribution in [3.8, 4) is 22.8 Å². The van der Waals surface area contributed by atoms with Gasteiger partial charge in [-0.15, -0.1) is 0 Å². The molecule has 0 saturated heterocycles. The van der Waals surface area contributed by atoms with Crippen LogP contribution in [0.4, 0.5) is 0 Å². The van der Waals surface area contributed by atoms with Crippen molar-refractivity contribution in [3.05, 3.63) is 66.1 Å². The first-order chi connectivity index (χ1) is 16.7. The van der Waals surface area contributed by atoms with Crippen molar-refractivity contribution >= 4 is 10.9 Å². The molecule has 34 heavy (non-hydrogen) atoms. The monoisotopic (exact) mass is 461 g/mol. The highest BCUT2D eigenvalue weighted by molar-refractivity contribution is 5.90. The summed E-state index contributed by atoms with van der Waals surface area (Å²) in [6.07, 6.45) is 5.46. The highest BCUT2D eigenvalue weighted by atomic mass is 16.5. The number of hydrogen-bond donors (Lipinski definition) is 2. The van der Waals surface area contributed by atoms with E-state index < -0.39 is 0 Å². The molecule has 178 valence electrons. The fourth-order valence-electron chi connectivity index (χ4n) is 3.83. The summed E-state index contributed by atoms with van der Waals surface area (Å²) >= 11 is 0. The molecule has 3 N–H and O–H groups in total. The number of nitrogens with zero attached hydrogens (tertiary/aromatic N) is 4. The normalized spacial score (nSPS) is 11.3. The molecule has 0 aliphatic rings. The molecule has 0 bridgehead atoms. The number of aryl methyl sites for hydroxylation is 1. The van der Waals surface area contributed by atoms with E-state index in [1.54, 1.807) is 24.1 Å². The quantitative estimate of drug-likeness (QED) is 0.310.